The number of thioether (sulfide) groups is 1. The molecule has 0 aromatic heterocycles. The molecule has 7 nitrogen and oxygen atoms in total. The summed E-state index contributed by atoms with van der Waals surface area (Å²) in [5.41, 5.74) is 3.46. The lowest BCUT2D eigenvalue weighted by atomic mass is 10.1. The maximum Gasteiger partial charge on any atom is 0.242 e. The van der Waals surface area contributed by atoms with Crippen molar-refractivity contribution in [1.82, 2.24) is 4.90 Å². The van der Waals surface area contributed by atoms with Crippen LogP contribution < -0.4 is 10.1 Å². The molecule has 2 aromatic rings. The lowest BCUT2D eigenvalue weighted by Gasteiger charge is -2.17. The van der Waals surface area contributed by atoms with Crippen LogP contribution in [0.3, 0.4) is 0 Å². The second-order valence-electron chi connectivity index (χ2n) is 7.68. The molecule has 2 aromatic carbocycles. The Kier molecular flexibility index (Phi) is 8.77. The normalized spacial score (nSPS) is 17.0. The first-order valence-corrected chi connectivity index (χ1v) is 11.8. The smallest absolute Gasteiger partial charge is 0.242 e. The fourth-order valence-electron chi connectivity index (χ4n) is 3.50. The Balaban J connectivity index is 1.77. The molecule has 0 radical (unpaired) electrons. The van der Waals surface area contributed by atoms with Gasteiger partial charge < -0.3 is 14.8 Å². The Hall–Kier alpha value is -2.55. The summed E-state index contributed by atoms with van der Waals surface area (Å²) in [6, 6.07) is 11.0. The standard InChI is InChI=1S/C24H28ClN3O4S/c1-15-7-5-8-16(2)22(15)27-24-28(11-6-12-31-3)23(30)20(33-24)14-21(29)26-17-9-10-19(32-4)18(25)13-17/h5,7-10,13,20H,6,11-12,14H2,1-4H3,(H,26,29). The molecular formula is C24H28ClN3O4S. The zero-order chi connectivity index (χ0) is 24.0. The van der Waals surface area contributed by atoms with E-state index >= 15 is 0 Å². The minimum Gasteiger partial charge on any atom is -0.495 e. The molecular weight excluding hydrogens is 462 g/mol. The van der Waals surface area contributed by atoms with Crippen molar-refractivity contribution in [2.24, 2.45) is 4.99 Å². The molecule has 1 fully saturated rings. The van der Waals surface area contributed by atoms with Gasteiger partial charge in [-0.1, -0.05) is 41.6 Å². The van der Waals surface area contributed by atoms with E-state index in [-0.39, 0.29) is 18.2 Å². The molecule has 9 heteroatoms. The highest BCUT2D eigenvalue weighted by Crippen LogP contribution is 2.34. The number of carbonyl (C=O) groups excluding carboxylic acids is 2. The van der Waals surface area contributed by atoms with Crippen LogP contribution in [0, 0.1) is 13.8 Å². The van der Waals surface area contributed by atoms with Gasteiger partial charge in [0.25, 0.3) is 0 Å². The minimum atomic E-state index is -0.552. The Labute approximate surface area is 203 Å². The predicted octanol–water partition coefficient (Wildman–Crippen LogP) is 4.96. The number of anilines is 1. The topological polar surface area (TPSA) is 80.2 Å². The summed E-state index contributed by atoms with van der Waals surface area (Å²) in [5.74, 6) is 0.131. The number of amidine groups is 1. The SMILES string of the molecule is COCCCN1C(=O)C(CC(=O)Nc2ccc(OC)c(Cl)c2)SC1=Nc1c(C)cccc1C. The van der Waals surface area contributed by atoms with E-state index in [1.807, 2.05) is 32.0 Å². The van der Waals surface area contributed by atoms with Crippen LogP contribution in [0.5, 0.6) is 5.75 Å². The van der Waals surface area contributed by atoms with E-state index in [1.54, 1.807) is 30.2 Å². The number of amides is 2. The fraction of sp³-hybridized carbons (Fsp3) is 0.375. The summed E-state index contributed by atoms with van der Waals surface area (Å²) in [6.07, 6.45) is 0.706. The number of rotatable bonds is 9. The maximum absolute atomic E-state index is 13.2. The van der Waals surface area contributed by atoms with E-state index in [2.05, 4.69) is 5.32 Å². The Morgan fingerprint density at radius 2 is 1.94 bits per heavy atom. The molecule has 1 unspecified atom stereocenters. The number of para-hydroxylation sites is 1. The van der Waals surface area contributed by atoms with Gasteiger partial charge in [-0.25, -0.2) is 4.99 Å². The van der Waals surface area contributed by atoms with E-state index in [0.29, 0.717) is 41.2 Å². The summed E-state index contributed by atoms with van der Waals surface area (Å²) in [4.78, 5) is 32.3. The van der Waals surface area contributed by atoms with Gasteiger partial charge in [0.05, 0.1) is 17.8 Å². The van der Waals surface area contributed by atoms with Gasteiger partial charge >= 0.3 is 0 Å². The van der Waals surface area contributed by atoms with Gasteiger partial charge in [-0.3, -0.25) is 14.5 Å². The molecule has 1 atom stereocenters. The van der Waals surface area contributed by atoms with Crippen molar-refractivity contribution in [2.45, 2.75) is 31.9 Å². The van der Waals surface area contributed by atoms with Gasteiger partial charge in [0.15, 0.2) is 5.17 Å². The fourth-order valence-corrected chi connectivity index (χ4v) is 4.93. The molecule has 176 valence electrons. The van der Waals surface area contributed by atoms with E-state index in [4.69, 9.17) is 26.1 Å². The van der Waals surface area contributed by atoms with Gasteiger partial charge in [-0.15, -0.1) is 0 Å². The highest BCUT2D eigenvalue weighted by Gasteiger charge is 2.39. The van der Waals surface area contributed by atoms with Crippen molar-refractivity contribution in [3.63, 3.8) is 0 Å². The highest BCUT2D eigenvalue weighted by molar-refractivity contribution is 8.15. The molecule has 1 heterocycles. The molecule has 0 spiro atoms. The van der Waals surface area contributed by atoms with Crippen molar-refractivity contribution in [3.05, 3.63) is 52.5 Å². The quantitative estimate of drug-likeness (QED) is 0.503. The van der Waals surface area contributed by atoms with E-state index in [0.717, 1.165) is 16.8 Å². The number of carbonyl (C=O) groups is 2. The lowest BCUT2D eigenvalue weighted by molar-refractivity contribution is -0.128. The van der Waals surface area contributed by atoms with E-state index in [1.165, 1.54) is 18.9 Å². The number of hydrogen-bond donors (Lipinski definition) is 1. The second kappa shape index (κ2) is 11.5. The number of aryl methyl sites for hydroxylation is 2. The Morgan fingerprint density at radius 3 is 2.58 bits per heavy atom. The number of ether oxygens (including phenoxy) is 2. The van der Waals surface area contributed by atoms with Crippen molar-refractivity contribution < 1.29 is 19.1 Å². The summed E-state index contributed by atoms with van der Waals surface area (Å²) < 4.78 is 10.3. The van der Waals surface area contributed by atoms with Crippen LogP contribution in [-0.4, -0.2) is 54.5 Å². The van der Waals surface area contributed by atoms with Gasteiger partial charge in [-0.05, 0) is 49.6 Å². The molecule has 0 aliphatic carbocycles. The van der Waals surface area contributed by atoms with E-state index < -0.39 is 5.25 Å². The Morgan fingerprint density at radius 1 is 1.21 bits per heavy atom. The molecule has 1 saturated heterocycles. The van der Waals surface area contributed by atoms with Crippen molar-refractivity contribution in [1.29, 1.82) is 0 Å². The van der Waals surface area contributed by atoms with Gasteiger partial charge in [0.2, 0.25) is 11.8 Å². The first kappa shape index (κ1) is 25.1. The first-order valence-electron chi connectivity index (χ1n) is 10.6. The molecule has 2 amide bonds. The number of nitrogens with zero attached hydrogens (tertiary/aromatic N) is 2. The third-order valence-corrected chi connectivity index (χ3v) is 6.67. The molecule has 1 N–H and O–H groups in total. The number of halogens is 1. The number of hydrogen-bond acceptors (Lipinski definition) is 6. The average Bonchev–Trinajstić information content (AvgIpc) is 3.05. The number of nitrogens with one attached hydrogen (secondary N) is 1. The van der Waals surface area contributed by atoms with Crippen LogP contribution >= 0.6 is 23.4 Å². The monoisotopic (exact) mass is 489 g/mol. The van der Waals surface area contributed by atoms with Crippen LogP contribution in [0.25, 0.3) is 0 Å². The van der Waals surface area contributed by atoms with Crippen molar-refractivity contribution in [3.8, 4) is 5.75 Å². The molecule has 1 aliphatic heterocycles. The van der Waals surface area contributed by atoms with Crippen molar-refractivity contribution >= 4 is 51.7 Å². The van der Waals surface area contributed by atoms with Crippen LogP contribution in [0.2, 0.25) is 5.02 Å². The van der Waals surface area contributed by atoms with Gasteiger partial charge in [-0.2, -0.15) is 0 Å². The van der Waals surface area contributed by atoms with Crippen LogP contribution in [0.4, 0.5) is 11.4 Å². The third kappa shape index (κ3) is 6.28. The largest absolute Gasteiger partial charge is 0.495 e. The third-order valence-electron chi connectivity index (χ3n) is 5.20. The zero-order valence-electron chi connectivity index (χ0n) is 19.2. The lowest BCUT2D eigenvalue weighted by Crippen LogP contribution is -2.34. The van der Waals surface area contributed by atoms with Crippen molar-refractivity contribution in [2.75, 3.05) is 32.7 Å². The minimum absolute atomic E-state index is 0.0275. The molecule has 0 saturated carbocycles. The van der Waals surface area contributed by atoms with Crippen LogP contribution in [0.15, 0.2) is 41.4 Å². The zero-order valence-corrected chi connectivity index (χ0v) is 20.8. The first-order chi connectivity index (χ1) is 15.8. The number of methoxy groups -OCH3 is 2. The Bertz CT molecular complexity index is 1040. The second-order valence-corrected chi connectivity index (χ2v) is 9.26. The molecule has 1 aliphatic rings. The highest BCUT2D eigenvalue weighted by atomic mass is 35.5. The predicted molar refractivity (Wildman–Crippen MR) is 134 cm³/mol. The number of benzene rings is 2. The van der Waals surface area contributed by atoms with Crippen LogP contribution in [0.1, 0.15) is 24.0 Å². The van der Waals surface area contributed by atoms with Gasteiger partial charge in [0.1, 0.15) is 11.0 Å². The van der Waals surface area contributed by atoms with E-state index in [9.17, 15) is 9.59 Å². The summed E-state index contributed by atoms with van der Waals surface area (Å²) in [6.45, 7) is 5.01. The molecule has 33 heavy (non-hydrogen) atoms. The number of aliphatic imine (C=N–C) groups is 1. The average molecular weight is 490 g/mol. The molecule has 0 bridgehead atoms. The maximum atomic E-state index is 13.2. The summed E-state index contributed by atoms with van der Waals surface area (Å²) in [7, 11) is 3.16. The van der Waals surface area contributed by atoms with Crippen LogP contribution in [-0.2, 0) is 14.3 Å². The summed E-state index contributed by atoms with van der Waals surface area (Å²) in [5, 5.41) is 3.26. The van der Waals surface area contributed by atoms with Gasteiger partial charge in [0, 0.05) is 32.4 Å². The summed E-state index contributed by atoms with van der Waals surface area (Å²) >= 11 is 7.46. The molecule has 3 rings (SSSR count).